The molecule has 0 aromatic rings. The van der Waals surface area contributed by atoms with Gasteiger partial charge in [-0.05, 0) is 223 Å². The van der Waals surface area contributed by atoms with E-state index in [0.29, 0.717) is 71.0 Å². The van der Waals surface area contributed by atoms with Crippen molar-refractivity contribution in [2.75, 3.05) is 26.8 Å². The van der Waals surface area contributed by atoms with Crippen LogP contribution < -0.4 is 0 Å². The Labute approximate surface area is 418 Å². The van der Waals surface area contributed by atoms with Crippen LogP contribution in [0.5, 0.6) is 0 Å². The van der Waals surface area contributed by atoms with Gasteiger partial charge in [-0.3, -0.25) is 19.2 Å². The van der Waals surface area contributed by atoms with Crippen LogP contribution in [0.15, 0.2) is 0 Å². The molecule has 0 heterocycles. The van der Waals surface area contributed by atoms with Crippen molar-refractivity contribution < 1.29 is 47.6 Å². The monoisotopic (exact) mass is 967 g/mol. The summed E-state index contributed by atoms with van der Waals surface area (Å²) in [5, 5.41) is 0. The van der Waals surface area contributed by atoms with Crippen molar-refractivity contribution in [3.63, 3.8) is 0 Å². The van der Waals surface area contributed by atoms with E-state index in [4.69, 9.17) is 28.4 Å². The summed E-state index contributed by atoms with van der Waals surface area (Å²) in [6.07, 6.45) is 21.4. The van der Waals surface area contributed by atoms with Crippen LogP contribution >= 0.6 is 0 Å². The fraction of sp³-hybridized carbons (Fsp3) is 0.932. The highest BCUT2D eigenvalue weighted by Gasteiger charge is 2.68. The SMILES string of the molecule is C.C.C.C.CCC(C)(C)C(=O)OC1CC2CC1C1C3CC(CC3C(=O)OCOCC3CC4CCC3C4)C21.CCC(C)C(=O)OC1CC2CC1C1C3CC(CC3C(=O)OCOCC3CC4CCC3C4)C21. The van der Waals surface area contributed by atoms with Gasteiger partial charge in [-0.2, -0.15) is 0 Å². The van der Waals surface area contributed by atoms with Crippen LogP contribution in [0, 0.1) is 130 Å². The Morgan fingerprint density at radius 2 is 0.942 bits per heavy atom. The highest BCUT2D eigenvalue weighted by Crippen LogP contribution is 2.71. The van der Waals surface area contributed by atoms with Gasteiger partial charge < -0.3 is 28.4 Å². The maximum atomic E-state index is 13.0. The minimum absolute atomic E-state index is 0. The topological polar surface area (TPSA) is 124 Å². The van der Waals surface area contributed by atoms with Gasteiger partial charge in [0.05, 0.1) is 36.4 Å². The van der Waals surface area contributed by atoms with Crippen LogP contribution in [0.1, 0.15) is 180 Å². The summed E-state index contributed by atoms with van der Waals surface area (Å²) in [7, 11) is 0. The van der Waals surface area contributed by atoms with Crippen LogP contribution in [0.4, 0.5) is 0 Å². The zero-order valence-electron chi connectivity index (χ0n) is 40.4. The van der Waals surface area contributed by atoms with E-state index >= 15 is 0 Å². The second-order valence-corrected chi connectivity index (χ2v) is 25.3. The highest BCUT2D eigenvalue weighted by atomic mass is 16.7. The van der Waals surface area contributed by atoms with E-state index in [1.54, 1.807) is 0 Å². The van der Waals surface area contributed by atoms with Gasteiger partial charge in [0, 0.05) is 0 Å². The van der Waals surface area contributed by atoms with Crippen LogP contribution in [-0.4, -0.2) is 62.9 Å². The fourth-order valence-corrected chi connectivity index (χ4v) is 18.7. The second-order valence-electron chi connectivity index (χ2n) is 25.3. The molecule has 0 amide bonds. The molecule has 23 atom stereocenters. The van der Waals surface area contributed by atoms with Gasteiger partial charge in [0.15, 0.2) is 13.6 Å². The molecule has 10 nitrogen and oxygen atoms in total. The summed E-state index contributed by atoms with van der Waals surface area (Å²) < 4.78 is 35.0. The van der Waals surface area contributed by atoms with Crippen molar-refractivity contribution in [1.82, 2.24) is 0 Å². The van der Waals surface area contributed by atoms with E-state index in [1.807, 2.05) is 34.6 Å². The quantitative estimate of drug-likeness (QED) is 0.0485. The van der Waals surface area contributed by atoms with E-state index in [0.717, 1.165) is 93.7 Å². The summed E-state index contributed by atoms with van der Waals surface area (Å²) in [6, 6.07) is 0. The normalized spacial score (nSPS) is 44.7. The largest absolute Gasteiger partial charge is 0.462 e. The van der Waals surface area contributed by atoms with Gasteiger partial charge in [-0.1, -0.05) is 63.3 Å². The van der Waals surface area contributed by atoms with Gasteiger partial charge in [0.25, 0.3) is 0 Å². The molecule has 12 rings (SSSR count). The van der Waals surface area contributed by atoms with E-state index < -0.39 is 5.41 Å². The first kappa shape index (κ1) is 54.6. The molecule has 0 saturated heterocycles. The molecule has 12 bridgehead atoms. The first-order valence-corrected chi connectivity index (χ1v) is 27.3. The number of carbonyl (C=O) groups excluding carboxylic acids is 4. The van der Waals surface area contributed by atoms with E-state index in [1.165, 1.54) is 70.6 Å². The van der Waals surface area contributed by atoms with Gasteiger partial charge >= 0.3 is 23.9 Å². The molecule has 23 unspecified atom stereocenters. The zero-order chi connectivity index (χ0) is 44.9. The molecule has 12 aliphatic rings. The predicted octanol–water partition coefficient (Wildman–Crippen LogP) is 12.6. The lowest BCUT2D eigenvalue weighted by Crippen LogP contribution is -2.43. The molecular weight excluding hydrogens is 869 g/mol. The predicted molar refractivity (Wildman–Crippen MR) is 268 cm³/mol. The maximum absolute atomic E-state index is 13.0. The number of rotatable bonds is 16. The summed E-state index contributed by atoms with van der Waals surface area (Å²) in [5.74, 6) is 11.8. The standard InChI is InChI=1S/C28H42O5.C27H40O5.4CH4/c1-4-28(2,3)27(30)33-23-12-18-11-22(23)25-20-9-17(24(18)25)10-21(20)26(29)32-14-31-13-19-8-15-5-6-16(19)7-15;1-3-14(2)26(28)32-23-11-18-10-22(23)25-20-8-17(24(18)25)9-21(20)27(29)31-13-30-12-19-7-15-4-5-16(19)6-15;;;;/h15-25H,4-14H2,1-3H3;14-25H,3-13H2,1-2H3;4*1H4. The summed E-state index contributed by atoms with van der Waals surface area (Å²) in [4.78, 5) is 51.1. The number of esters is 4. The van der Waals surface area contributed by atoms with E-state index in [-0.39, 0.29) is 97.1 Å². The molecule has 12 aliphatic carbocycles. The third-order valence-electron chi connectivity index (χ3n) is 22.1. The first-order valence-electron chi connectivity index (χ1n) is 27.3. The average molecular weight is 967 g/mol. The van der Waals surface area contributed by atoms with Crippen molar-refractivity contribution in [1.29, 1.82) is 0 Å². The lowest BCUT2D eigenvalue weighted by Gasteiger charge is -2.41. The Morgan fingerprint density at radius 1 is 0.507 bits per heavy atom. The molecule has 394 valence electrons. The Kier molecular flexibility index (Phi) is 17.2. The molecule has 12 fully saturated rings. The number of carbonyl (C=O) groups is 4. The Hall–Kier alpha value is -2.20. The summed E-state index contributed by atoms with van der Waals surface area (Å²) in [5.41, 5.74) is -0.416. The molecular formula is C59H98O10. The average Bonchev–Trinajstić information content (AvgIpc) is 4.15. The maximum Gasteiger partial charge on any atom is 0.311 e. The third-order valence-corrected chi connectivity index (χ3v) is 22.1. The van der Waals surface area contributed by atoms with Crippen LogP contribution in [-0.2, 0) is 47.6 Å². The van der Waals surface area contributed by atoms with Crippen molar-refractivity contribution in [2.45, 2.75) is 192 Å². The van der Waals surface area contributed by atoms with Crippen molar-refractivity contribution in [3.8, 4) is 0 Å². The molecule has 0 N–H and O–H groups in total. The minimum atomic E-state index is -0.416. The Balaban J connectivity index is 0.000000193. The molecule has 10 heteroatoms. The molecule has 12 saturated carbocycles. The fourth-order valence-electron chi connectivity index (χ4n) is 18.7. The molecule has 0 aromatic carbocycles. The minimum Gasteiger partial charge on any atom is -0.462 e. The summed E-state index contributed by atoms with van der Waals surface area (Å²) >= 11 is 0. The molecule has 0 aromatic heterocycles. The number of hydrogen-bond donors (Lipinski definition) is 0. The molecule has 0 spiro atoms. The van der Waals surface area contributed by atoms with Gasteiger partial charge in [-0.25, -0.2) is 0 Å². The number of hydrogen-bond acceptors (Lipinski definition) is 10. The Morgan fingerprint density at radius 3 is 1.35 bits per heavy atom. The Bertz CT molecular complexity index is 1800. The molecule has 0 aliphatic heterocycles. The number of fused-ring (bicyclic) bond motifs is 22. The van der Waals surface area contributed by atoms with Gasteiger partial charge in [-0.15, -0.1) is 0 Å². The van der Waals surface area contributed by atoms with Crippen LogP contribution in [0.2, 0.25) is 0 Å². The van der Waals surface area contributed by atoms with Crippen molar-refractivity contribution >= 4 is 23.9 Å². The lowest BCUT2D eigenvalue weighted by molar-refractivity contribution is -0.170. The third kappa shape index (κ3) is 9.86. The van der Waals surface area contributed by atoms with Gasteiger partial charge in [0.1, 0.15) is 12.2 Å². The molecule has 69 heavy (non-hydrogen) atoms. The smallest absolute Gasteiger partial charge is 0.311 e. The second kappa shape index (κ2) is 21.7. The zero-order valence-corrected chi connectivity index (χ0v) is 40.4. The van der Waals surface area contributed by atoms with Gasteiger partial charge in [0.2, 0.25) is 0 Å². The molecule has 0 radical (unpaired) electrons. The van der Waals surface area contributed by atoms with Crippen LogP contribution in [0.3, 0.4) is 0 Å². The van der Waals surface area contributed by atoms with E-state index in [9.17, 15) is 19.2 Å². The van der Waals surface area contributed by atoms with Crippen molar-refractivity contribution in [3.05, 3.63) is 0 Å². The highest BCUT2D eigenvalue weighted by molar-refractivity contribution is 5.76. The van der Waals surface area contributed by atoms with Crippen molar-refractivity contribution in [2.24, 2.45) is 130 Å². The van der Waals surface area contributed by atoms with Crippen LogP contribution in [0.25, 0.3) is 0 Å². The lowest BCUT2D eigenvalue weighted by atomic mass is 9.66. The van der Waals surface area contributed by atoms with E-state index in [2.05, 4.69) is 0 Å². The number of ether oxygens (including phenoxy) is 6. The first-order chi connectivity index (χ1) is 31.4. The summed E-state index contributed by atoms with van der Waals surface area (Å²) in [6.45, 7) is 11.7.